The summed E-state index contributed by atoms with van der Waals surface area (Å²) >= 11 is 0. The number of nitrogens with one attached hydrogen (secondary N) is 1. The highest BCUT2D eigenvalue weighted by Crippen LogP contribution is 2.30. The van der Waals surface area contributed by atoms with Crippen LogP contribution >= 0.6 is 0 Å². The van der Waals surface area contributed by atoms with E-state index in [-0.39, 0.29) is 35.2 Å². The van der Waals surface area contributed by atoms with Gasteiger partial charge in [0.15, 0.2) is 0 Å². The zero-order chi connectivity index (χ0) is 15.7. The third kappa shape index (κ3) is 3.33. The first-order valence-corrected chi connectivity index (χ1v) is 7.72. The molecule has 0 radical (unpaired) electrons. The van der Waals surface area contributed by atoms with Crippen molar-refractivity contribution in [3.63, 3.8) is 0 Å². The number of piperazine rings is 1. The van der Waals surface area contributed by atoms with E-state index in [1.54, 1.807) is 0 Å². The molecule has 0 aromatic heterocycles. The number of rotatable bonds is 5. The molecule has 1 N–H and O–H groups in total. The molecule has 0 aromatic carbocycles. The first kappa shape index (κ1) is 17.0. The van der Waals surface area contributed by atoms with Crippen molar-refractivity contribution in [1.82, 2.24) is 10.2 Å². The van der Waals surface area contributed by atoms with Gasteiger partial charge in [-0.2, -0.15) is 0 Å². The van der Waals surface area contributed by atoms with E-state index in [4.69, 9.17) is 0 Å². The molecule has 1 heterocycles. The van der Waals surface area contributed by atoms with E-state index >= 15 is 0 Å². The minimum Gasteiger partial charge on any atom is -0.342 e. The second-order valence-electron chi connectivity index (χ2n) is 7.26. The Labute approximate surface area is 123 Å². The van der Waals surface area contributed by atoms with Crippen molar-refractivity contribution in [3.8, 4) is 0 Å². The van der Waals surface area contributed by atoms with Crippen molar-refractivity contribution < 1.29 is 9.59 Å². The molecular weight excluding hydrogens is 252 g/mol. The number of carbonyl (C=O) groups is 2. The number of hydrogen-bond donors (Lipinski definition) is 1. The van der Waals surface area contributed by atoms with Gasteiger partial charge in [-0.3, -0.25) is 9.59 Å². The summed E-state index contributed by atoms with van der Waals surface area (Å²) in [6.45, 7) is 15.2. The molecule has 2 unspecified atom stereocenters. The van der Waals surface area contributed by atoms with Gasteiger partial charge in [-0.25, -0.2) is 0 Å². The molecule has 1 fully saturated rings. The Hall–Kier alpha value is -1.06. The van der Waals surface area contributed by atoms with Crippen LogP contribution in [0.2, 0.25) is 0 Å². The Morgan fingerprint density at radius 2 is 1.75 bits per heavy atom. The first-order valence-electron chi connectivity index (χ1n) is 7.72. The lowest BCUT2D eigenvalue weighted by Gasteiger charge is -2.44. The fourth-order valence-electron chi connectivity index (χ4n) is 2.45. The van der Waals surface area contributed by atoms with Crippen molar-refractivity contribution >= 4 is 11.8 Å². The molecule has 0 aromatic rings. The molecule has 116 valence electrons. The van der Waals surface area contributed by atoms with E-state index < -0.39 is 0 Å². The summed E-state index contributed by atoms with van der Waals surface area (Å²) in [4.78, 5) is 26.7. The maximum absolute atomic E-state index is 12.7. The predicted octanol–water partition coefficient (Wildman–Crippen LogP) is 2.43. The number of carbonyl (C=O) groups excluding carboxylic acids is 2. The minimum atomic E-state index is -0.381. The molecule has 4 heteroatoms. The summed E-state index contributed by atoms with van der Waals surface area (Å²) in [6.07, 6.45) is 0.663. The van der Waals surface area contributed by atoms with Gasteiger partial charge in [-0.05, 0) is 23.7 Å². The van der Waals surface area contributed by atoms with Crippen molar-refractivity contribution in [3.05, 3.63) is 0 Å². The van der Waals surface area contributed by atoms with Gasteiger partial charge in [-0.1, -0.05) is 48.5 Å². The fraction of sp³-hybridized carbons (Fsp3) is 0.875. The van der Waals surface area contributed by atoms with E-state index in [0.717, 1.165) is 0 Å². The van der Waals surface area contributed by atoms with Crippen LogP contribution < -0.4 is 5.32 Å². The number of nitrogens with zero attached hydrogens (tertiary/aromatic N) is 1. The summed E-state index contributed by atoms with van der Waals surface area (Å²) in [7, 11) is 0. The van der Waals surface area contributed by atoms with Crippen LogP contribution in [-0.4, -0.2) is 35.3 Å². The van der Waals surface area contributed by atoms with Crippen molar-refractivity contribution in [1.29, 1.82) is 0 Å². The lowest BCUT2D eigenvalue weighted by Crippen LogP contribution is -2.65. The van der Waals surface area contributed by atoms with Gasteiger partial charge >= 0.3 is 0 Å². The SMILES string of the molecule is CCC1C(=O)NC(C(C)C)C(=O)N1CC(C)(C)C(C)C. The zero-order valence-electron chi connectivity index (χ0n) is 14.0. The number of amides is 2. The highest BCUT2D eigenvalue weighted by atomic mass is 16.2. The summed E-state index contributed by atoms with van der Waals surface area (Å²) in [5, 5.41) is 2.88. The molecule has 1 aliphatic heterocycles. The third-order valence-electron chi connectivity index (χ3n) is 4.72. The molecule has 1 aliphatic rings. The molecule has 0 aliphatic carbocycles. The van der Waals surface area contributed by atoms with E-state index in [0.29, 0.717) is 18.9 Å². The lowest BCUT2D eigenvalue weighted by atomic mass is 9.79. The normalized spacial score (nSPS) is 24.6. The Morgan fingerprint density at radius 1 is 1.20 bits per heavy atom. The fourth-order valence-corrected chi connectivity index (χ4v) is 2.45. The Balaban J connectivity index is 3.03. The molecule has 0 spiro atoms. The third-order valence-corrected chi connectivity index (χ3v) is 4.72. The van der Waals surface area contributed by atoms with Crippen LogP contribution in [0.5, 0.6) is 0 Å². The topological polar surface area (TPSA) is 49.4 Å². The molecule has 1 rings (SSSR count). The number of hydrogen-bond acceptors (Lipinski definition) is 2. The van der Waals surface area contributed by atoms with Crippen LogP contribution in [0.4, 0.5) is 0 Å². The van der Waals surface area contributed by atoms with Crippen LogP contribution in [-0.2, 0) is 9.59 Å². The summed E-state index contributed by atoms with van der Waals surface area (Å²) < 4.78 is 0. The van der Waals surface area contributed by atoms with Crippen LogP contribution in [0, 0.1) is 17.3 Å². The van der Waals surface area contributed by atoms with E-state index in [2.05, 4.69) is 33.0 Å². The van der Waals surface area contributed by atoms with Crippen molar-refractivity contribution in [2.24, 2.45) is 17.3 Å². The van der Waals surface area contributed by atoms with Crippen LogP contribution in [0.3, 0.4) is 0 Å². The van der Waals surface area contributed by atoms with Crippen molar-refractivity contribution in [2.75, 3.05) is 6.54 Å². The Bertz CT molecular complexity index is 375. The molecule has 0 bridgehead atoms. The van der Waals surface area contributed by atoms with E-state index in [1.165, 1.54) is 0 Å². The molecule has 2 atom stereocenters. The van der Waals surface area contributed by atoms with Gasteiger partial charge in [0.2, 0.25) is 11.8 Å². The van der Waals surface area contributed by atoms with Gasteiger partial charge in [0, 0.05) is 6.54 Å². The van der Waals surface area contributed by atoms with Gasteiger partial charge in [0.25, 0.3) is 0 Å². The average molecular weight is 282 g/mol. The molecule has 0 saturated carbocycles. The molecular formula is C16H30N2O2. The molecule has 4 nitrogen and oxygen atoms in total. The molecule has 2 amide bonds. The highest BCUT2D eigenvalue weighted by molar-refractivity contribution is 5.97. The van der Waals surface area contributed by atoms with Crippen LogP contribution in [0.25, 0.3) is 0 Å². The highest BCUT2D eigenvalue weighted by Gasteiger charge is 2.43. The van der Waals surface area contributed by atoms with Gasteiger partial charge < -0.3 is 10.2 Å². The minimum absolute atomic E-state index is 0.00221. The van der Waals surface area contributed by atoms with Gasteiger partial charge in [0.1, 0.15) is 12.1 Å². The second kappa shape index (κ2) is 6.15. The maximum Gasteiger partial charge on any atom is 0.246 e. The van der Waals surface area contributed by atoms with Gasteiger partial charge in [-0.15, -0.1) is 0 Å². The quantitative estimate of drug-likeness (QED) is 0.842. The van der Waals surface area contributed by atoms with E-state index in [9.17, 15) is 9.59 Å². The lowest BCUT2D eigenvalue weighted by molar-refractivity contribution is -0.152. The van der Waals surface area contributed by atoms with Gasteiger partial charge in [0.05, 0.1) is 0 Å². The van der Waals surface area contributed by atoms with Crippen molar-refractivity contribution in [2.45, 2.75) is 67.0 Å². The Morgan fingerprint density at radius 3 is 2.15 bits per heavy atom. The second-order valence-corrected chi connectivity index (χ2v) is 7.26. The largest absolute Gasteiger partial charge is 0.342 e. The summed E-state index contributed by atoms with van der Waals surface area (Å²) in [6, 6.07) is -0.705. The zero-order valence-corrected chi connectivity index (χ0v) is 14.0. The van der Waals surface area contributed by atoms with Crippen LogP contribution in [0.15, 0.2) is 0 Å². The average Bonchev–Trinajstić information content (AvgIpc) is 2.32. The monoisotopic (exact) mass is 282 g/mol. The summed E-state index contributed by atoms with van der Waals surface area (Å²) in [5.74, 6) is 0.634. The molecule has 20 heavy (non-hydrogen) atoms. The standard InChI is InChI=1S/C16H30N2O2/c1-8-12-14(19)17-13(10(2)3)15(20)18(12)9-16(6,7)11(4)5/h10-13H,8-9H2,1-7H3,(H,17,19). The predicted molar refractivity (Wildman–Crippen MR) is 81.2 cm³/mol. The summed E-state index contributed by atoms with van der Waals surface area (Å²) in [5.41, 5.74) is 0.00221. The van der Waals surface area contributed by atoms with E-state index in [1.807, 2.05) is 25.7 Å². The maximum atomic E-state index is 12.7. The molecule has 1 saturated heterocycles. The smallest absolute Gasteiger partial charge is 0.246 e. The van der Waals surface area contributed by atoms with Crippen LogP contribution in [0.1, 0.15) is 54.9 Å². The Kier molecular flexibility index (Phi) is 5.22. The first-order chi connectivity index (χ1) is 9.11.